The van der Waals surface area contributed by atoms with Gasteiger partial charge in [-0.05, 0) is 53.3 Å². The summed E-state index contributed by atoms with van der Waals surface area (Å²) in [5.74, 6) is -0.193. The summed E-state index contributed by atoms with van der Waals surface area (Å²) in [5, 5.41) is 0. The molecule has 1 aromatic heterocycles. The Hall–Kier alpha value is -3.93. The van der Waals surface area contributed by atoms with E-state index in [1.54, 1.807) is 17.2 Å². The molecule has 2 aliphatic rings. The third-order valence-corrected chi connectivity index (χ3v) is 7.01. The van der Waals surface area contributed by atoms with Crippen LogP contribution in [0.15, 0.2) is 66.9 Å². The quantitative estimate of drug-likeness (QED) is 0.454. The van der Waals surface area contributed by atoms with Gasteiger partial charge >= 0.3 is 0 Å². The highest BCUT2D eigenvalue weighted by Crippen LogP contribution is 2.30. The summed E-state index contributed by atoms with van der Waals surface area (Å²) in [6.07, 6.45) is 4.59. The van der Waals surface area contributed by atoms with Crippen LogP contribution in [0.4, 0.5) is 0 Å². The van der Waals surface area contributed by atoms with Crippen molar-refractivity contribution in [3.63, 3.8) is 0 Å². The van der Waals surface area contributed by atoms with E-state index in [1.165, 1.54) is 0 Å². The van der Waals surface area contributed by atoms with Gasteiger partial charge in [0.15, 0.2) is 5.78 Å². The Morgan fingerprint density at radius 2 is 1.81 bits per heavy atom. The Morgan fingerprint density at radius 1 is 0.944 bits per heavy atom. The lowest BCUT2D eigenvalue weighted by Crippen LogP contribution is -2.44. The van der Waals surface area contributed by atoms with Crippen LogP contribution >= 0.6 is 0 Å². The first kappa shape index (κ1) is 23.8. The lowest BCUT2D eigenvalue weighted by molar-refractivity contribution is -0.133. The lowest BCUT2D eigenvalue weighted by atomic mass is 9.92. The van der Waals surface area contributed by atoms with E-state index in [0.717, 1.165) is 34.4 Å². The van der Waals surface area contributed by atoms with Gasteiger partial charge in [0, 0.05) is 49.7 Å². The Labute approximate surface area is 210 Å². The van der Waals surface area contributed by atoms with Crippen LogP contribution in [0.2, 0.25) is 0 Å². The molecule has 0 radical (unpaired) electrons. The molecule has 0 spiro atoms. The van der Waals surface area contributed by atoms with Crippen molar-refractivity contribution in [2.75, 3.05) is 0 Å². The maximum absolute atomic E-state index is 12.9. The standard InChI is InChI=1S/C30H28N2O4/c33-25(17-22-5-3-4-21(14-22)16-24-6-1-2-13-31-24)9-7-20-8-11-27-23(15-20)19-32(30(27)36)28-12-10-26(34)18-29(28)35/h1-6,8,11,13-15,28H,7,9-10,12,16-19H2. The molecule has 1 aliphatic carbocycles. The van der Waals surface area contributed by atoms with Crippen molar-refractivity contribution in [1.82, 2.24) is 9.88 Å². The number of rotatable bonds is 8. The van der Waals surface area contributed by atoms with E-state index in [4.69, 9.17) is 0 Å². The van der Waals surface area contributed by atoms with Crippen LogP contribution in [0.25, 0.3) is 0 Å². The fourth-order valence-electron chi connectivity index (χ4n) is 5.15. The highest BCUT2D eigenvalue weighted by Gasteiger charge is 2.38. The molecule has 2 aromatic carbocycles. The van der Waals surface area contributed by atoms with Gasteiger partial charge in [0.05, 0.1) is 12.5 Å². The highest BCUT2D eigenvalue weighted by molar-refractivity contribution is 6.07. The molecule has 1 saturated carbocycles. The SMILES string of the molecule is O=C1CCC(N2Cc3cc(CCC(=O)Cc4cccc(Cc5ccccn5)c4)ccc3C2=O)C(=O)C1. The van der Waals surface area contributed by atoms with E-state index >= 15 is 0 Å². The molecule has 3 aromatic rings. The number of fused-ring (bicyclic) bond motifs is 1. The normalized spacial score (nSPS) is 17.4. The van der Waals surface area contributed by atoms with Crippen LogP contribution < -0.4 is 0 Å². The van der Waals surface area contributed by atoms with E-state index in [0.29, 0.717) is 44.2 Å². The van der Waals surface area contributed by atoms with Gasteiger partial charge in [-0.25, -0.2) is 0 Å². The topological polar surface area (TPSA) is 84.4 Å². The maximum Gasteiger partial charge on any atom is 0.255 e. The van der Waals surface area contributed by atoms with Gasteiger partial charge in [-0.15, -0.1) is 0 Å². The van der Waals surface area contributed by atoms with Crippen molar-refractivity contribution in [2.45, 2.75) is 57.5 Å². The molecule has 6 nitrogen and oxygen atoms in total. The summed E-state index contributed by atoms with van der Waals surface area (Å²) in [6.45, 7) is 0.379. The molecule has 182 valence electrons. The lowest BCUT2D eigenvalue weighted by Gasteiger charge is -2.29. The van der Waals surface area contributed by atoms with Crippen LogP contribution in [0, 0.1) is 0 Å². The van der Waals surface area contributed by atoms with Gasteiger partial charge < -0.3 is 4.90 Å². The van der Waals surface area contributed by atoms with Gasteiger partial charge in [0.2, 0.25) is 0 Å². The zero-order valence-corrected chi connectivity index (χ0v) is 20.1. The Bertz CT molecular complexity index is 1330. The number of carbonyl (C=O) groups excluding carboxylic acids is 4. The van der Waals surface area contributed by atoms with E-state index in [9.17, 15) is 19.2 Å². The van der Waals surface area contributed by atoms with E-state index in [1.807, 2.05) is 42.5 Å². The van der Waals surface area contributed by atoms with Crippen molar-refractivity contribution < 1.29 is 19.2 Å². The number of carbonyl (C=O) groups is 4. The van der Waals surface area contributed by atoms with E-state index in [2.05, 4.69) is 17.1 Å². The molecule has 6 heteroatoms. The maximum atomic E-state index is 12.9. The molecule has 0 saturated heterocycles. The van der Waals surface area contributed by atoms with Gasteiger partial charge in [0.25, 0.3) is 5.91 Å². The summed E-state index contributed by atoms with van der Waals surface area (Å²) in [7, 11) is 0. The molecule has 1 amide bonds. The molecule has 1 atom stereocenters. The second-order valence-corrected chi connectivity index (χ2v) is 9.69. The van der Waals surface area contributed by atoms with E-state index < -0.39 is 6.04 Å². The van der Waals surface area contributed by atoms with Crippen LogP contribution in [0.3, 0.4) is 0 Å². The molecule has 2 heterocycles. The first-order chi connectivity index (χ1) is 17.5. The molecular formula is C30H28N2O4. The summed E-state index contributed by atoms with van der Waals surface area (Å²) in [4.78, 5) is 55.5. The number of aromatic nitrogens is 1. The number of nitrogens with zero attached hydrogens (tertiary/aromatic N) is 2. The van der Waals surface area contributed by atoms with Crippen LogP contribution in [0.5, 0.6) is 0 Å². The Morgan fingerprint density at radius 3 is 2.61 bits per heavy atom. The molecule has 0 bridgehead atoms. The van der Waals surface area contributed by atoms with Crippen molar-refractivity contribution in [1.29, 1.82) is 0 Å². The predicted octanol–water partition coefficient (Wildman–Crippen LogP) is 4.06. The number of ketones is 3. The minimum absolute atomic E-state index is 0.0488. The predicted molar refractivity (Wildman–Crippen MR) is 134 cm³/mol. The minimum atomic E-state index is -0.513. The Balaban J connectivity index is 1.17. The highest BCUT2D eigenvalue weighted by atomic mass is 16.2. The average molecular weight is 481 g/mol. The minimum Gasteiger partial charge on any atom is -0.324 e. The second kappa shape index (κ2) is 10.4. The van der Waals surface area contributed by atoms with E-state index in [-0.39, 0.29) is 29.7 Å². The van der Waals surface area contributed by atoms with Crippen molar-refractivity contribution in [2.24, 2.45) is 0 Å². The molecule has 1 aliphatic heterocycles. The number of aryl methyl sites for hydroxylation is 1. The smallest absolute Gasteiger partial charge is 0.255 e. The molecular weight excluding hydrogens is 452 g/mol. The first-order valence-corrected chi connectivity index (χ1v) is 12.4. The number of hydrogen-bond donors (Lipinski definition) is 0. The van der Waals surface area contributed by atoms with Crippen LogP contribution in [-0.2, 0) is 40.2 Å². The zero-order chi connectivity index (χ0) is 25.1. The fourth-order valence-corrected chi connectivity index (χ4v) is 5.15. The summed E-state index contributed by atoms with van der Waals surface area (Å²) < 4.78 is 0. The van der Waals surface area contributed by atoms with Gasteiger partial charge in [-0.2, -0.15) is 0 Å². The Kier molecular flexibility index (Phi) is 6.85. The number of hydrogen-bond acceptors (Lipinski definition) is 5. The summed E-state index contributed by atoms with van der Waals surface area (Å²) in [6, 6.07) is 19.1. The zero-order valence-electron chi connectivity index (χ0n) is 20.1. The number of pyridine rings is 1. The van der Waals surface area contributed by atoms with Crippen molar-refractivity contribution in [3.8, 4) is 0 Å². The van der Waals surface area contributed by atoms with Crippen LogP contribution in [0.1, 0.15) is 64.0 Å². The van der Waals surface area contributed by atoms with Gasteiger partial charge in [-0.1, -0.05) is 42.5 Å². The van der Waals surface area contributed by atoms with Gasteiger partial charge in [-0.3, -0.25) is 24.2 Å². The largest absolute Gasteiger partial charge is 0.324 e. The third-order valence-electron chi connectivity index (χ3n) is 7.01. The first-order valence-electron chi connectivity index (χ1n) is 12.4. The molecule has 36 heavy (non-hydrogen) atoms. The summed E-state index contributed by atoms with van der Waals surface area (Å²) in [5.41, 5.74) is 5.63. The summed E-state index contributed by atoms with van der Waals surface area (Å²) >= 11 is 0. The monoisotopic (exact) mass is 480 g/mol. The molecule has 1 fully saturated rings. The van der Waals surface area contributed by atoms with Crippen molar-refractivity contribution in [3.05, 3.63) is 100 Å². The number of Topliss-reactive ketones (excluding diaryl/α,β-unsaturated/α-hetero) is 3. The average Bonchev–Trinajstić information content (AvgIpc) is 3.19. The fraction of sp³-hybridized carbons (Fsp3) is 0.300. The third kappa shape index (κ3) is 5.33. The van der Waals surface area contributed by atoms with Crippen molar-refractivity contribution >= 4 is 23.3 Å². The molecule has 5 rings (SSSR count). The second-order valence-electron chi connectivity index (χ2n) is 9.69. The molecule has 0 N–H and O–H groups in total. The van der Waals surface area contributed by atoms with Crippen LogP contribution in [-0.4, -0.2) is 39.2 Å². The number of benzene rings is 2. The van der Waals surface area contributed by atoms with Gasteiger partial charge in [0.1, 0.15) is 11.6 Å². The molecule has 1 unspecified atom stereocenters. The number of amides is 1.